The van der Waals surface area contributed by atoms with Crippen molar-refractivity contribution in [1.82, 2.24) is 20.6 Å². The van der Waals surface area contributed by atoms with Crippen LogP contribution in [0, 0.1) is 20.8 Å². The lowest BCUT2D eigenvalue weighted by Gasteiger charge is -2.12. The summed E-state index contributed by atoms with van der Waals surface area (Å²) in [4.78, 5) is 14.1. The molecule has 5 nitrogen and oxygen atoms in total. The number of halogens is 1. The maximum atomic E-state index is 4.44. The van der Waals surface area contributed by atoms with Crippen LogP contribution in [0.1, 0.15) is 26.7 Å². The first kappa shape index (κ1) is 19.8. The molecule has 0 radical (unpaired) electrons. The Kier molecular flexibility index (Phi) is 8.46. The summed E-state index contributed by atoms with van der Waals surface area (Å²) in [7, 11) is 1.79. The van der Waals surface area contributed by atoms with Crippen molar-refractivity contribution in [3.8, 4) is 0 Å². The van der Waals surface area contributed by atoms with Crippen molar-refractivity contribution in [3.05, 3.63) is 45.2 Å². The van der Waals surface area contributed by atoms with Crippen LogP contribution in [0.3, 0.4) is 0 Å². The molecule has 0 aliphatic heterocycles. The largest absolute Gasteiger partial charge is 0.356 e. The summed E-state index contributed by atoms with van der Waals surface area (Å²) in [5, 5.41) is 7.78. The van der Waals surface area contributed by atoms with Crippen LogP contribution < -0.4 is 10.6 Å². The molecule has 2 rings (SSSR count). The van der Waals surface area contributed by atoms with Crippen molar-refractivity contribution in [2.75, 3.05) is 13.6 Å². The van der Waals surface area contributed by atoms with E-state index in [4.69, 9.17) is 0 Å². The predicted octanol–water partition coefficient (Wildman–Crippen LogP) is 2.99. The molecule has 23 heavy (non-hydrogen) atoms. The van der Waals surface area contributed by atoms with E-state index in [0.717, 1.165) is 36.2 Å². The van der Waals surface area contributed by atoms with Crippen molar-refractivity contribution in [3.63, 3.8) is 0 Å². The minimum absolute atomic E-state index is 0. The summed E-state index contributed by atoms with van der Waals surface area (Å²) in [5.41, 5.74) is 3.63. The van der Waals surface area contributed by atoms with Gasteiger partial charge in [-0.25, -0.2) is 4.98 Å². The molecule has 126 valence electrons. The number of nitrogens with one attached hydrogen (secondary N) is 2. The second kappa shape index (κ2) is 9.82. The summed E-state index contributed by atoms with van der Waals surface area (Å²) in [6, 6.07) is 2.07. The molecule has 7 heteroatoms. The third kappa shape index (κ3) is 6.06. The van der Waals surface area contributed by atoms with Crippen LogP contribution in [0.4, 0.5) is 0 Å². The SMILES string of the molecule is CN=C(NCCc1ccncc1C)NCc1sc(C)nc1C.I. The summed E-state index contributed by atoms with van der Waals surface area (Å²) in [6.45, 7) is 7.76. The molecular formula is C16H24IN5S. The Labute approximate surface area is 159 Å². The monoisotopic (exact) mass is 445 g/mol. The number of nitrogens with zero attached hydrogens (tertiary/aromatic N) is 3. The van der Waals surface area contributed by atoms with E-state index in [0.29, 0.717) is 0 Å². The Bertz CT molecular complexity index is 654. The van der Waals surface area contributed by atoms with Gasteiger partial charge in [0.1, 0.15) is 0 Å². The number of aliphatic imine (C=N–C) groups is 1. The van der Waals surface area contributed by atoms with Crippen LogP contribution in [0.25, 0.3) is 0 Å². The topological polar surface area (TPSA) is 62.2 Å². The Hall–Kier alpha value is -1.22. The van der Waals surface area contributed by atoms with E-state index in [2.05, 4.69) is 38.6 Å². The van der Waals surface area contributed by atoms with Gasteiger partial charge in [0.2, 0.25) is 0 Å². The highest BCUT2D eigenvalue weighted by Crippen LogP contribution is 2.16. The average molecular weight is 445 g/mol. The number of pyridine rings is 1. The highest BCUT2D eigenvalue weighted by atomic mass is 127. The molecule has 0 spiro atoms. The van der Waals surface area contributed by atoms with Gasteiger partial charge < -0.3 is 10.6 Å². The molecule has 0 bridgehead atoms. The minimum Gasteiger partial charge on any atom is -0.356 e. The van der Waals surface area contributed by atoms with E-state index in [9.17, 15) is 0 Å². The lowest BCUT2D eigenvalue weighted by Crippen LogP contribution is -2.37. The summed E-state index contributed by atoms with van der Waals surface area (Å²) < 4.78 is 0. The molecule has 0 amide bonds. The fourth-order valence-corrected chi connectivity index (χ4v) is 3.10. The number of thiazole rings is 1. The molecule has 0 atom stereocenters. The molecule has 0 aromatic carbocycles. The highest BCUT2D eigenvalue weighted by molar-refractivity contribution is 14.0. The standard InChI is InChI=1S/C16H23N5S.HI/c1-11-9-18-7-5-14(11)6-8-19-16(17-4)20-10-15-12(2)21-13(3)22-15;/h5,7,9H,6,8,10H2,1-4H3,(H2,17,19,20);1H. The molecule has 0 unspecified atom stereocenters. The Morgan fingerprint density at radius 3 is 2.65 bits per heavy atom. The summed E-state index contributed by atoms with van der Waals surface area (Å²) >= 11 is 1.73. The van der Waals surface area contributed by atoms with Gasteiger partial charge in [-0.2, -0.15) is 0 Å². The van der Waals surface area contributed by atoms with E-state index in [-0.39, 0.29) is 24.0 Å². The number of aromatic nitrogens is 2. The van der Waals surface area contributed by atoms with Gasteiger partial charge in [0, 0.05) is 30.9 Å². The fourth-order valence-electron chi connectivity index (χ4n) is 2.22. The van der Waals surface area contributed by atoms with Gasteiger partial charge in [-0.15, -0.1) is 35.3 Å². The van der Waals surface area contributed by atoms with Gasteiger partial charge in [0.15, 0.2) is 5.96 Å². The molecule has 0 saturated heterocycles. The summed E-state index contributed by atoms with van der Waals surface area (Å²) in [5.74, 6) is 0.817. The first-order valence-electron chi connectivity index (χ1n) is 7.37. The lowest BCUT2D eigenvalue weighted by molar-refractivity contribution is 0.793. The Balaban J connectivity index is 0.00000264. The number of hydrogen-bond donors (Lipinski definition) is 2. The maximum absolute atomic E-state index is 4.44. The van der Waals surface area contributed by atoms with Crippen LogP contribution in [-0.2, 0) is 13.0 Å². The molecule has 0 saturated carbocycles. The van der Waals surface area contributed by atoms with E-state index < -0.39 is 0 Å². The van der Waals surface area contributed by atoms with Crippen molar-refractivity contribution in [1.29, 1.82) is 0 Å². The lowest BCUT2D eigenvalue weighted by atomic mass is 10.1. The maximum Gasteiger partial charge on any atom is 0.191 e. The van der Waals surface area contributed by atoms with Crippen molar-refractivity contribution < 1.29 is 0 Å². The van der Waals surface area contributed by atoms with Crippen molar-refractivity contribution >= 4 is 41.3 Å². The molecule has 2 aromatic heterocycles. The number of hydrogen-bond acceptors (Lipinski definition) is 4. The number of guanidine groups is 1. The highest BCUT2D eigenvalue weighted by Gasteiger charge is 2.06. The average Bonchev–Trinajstić information content (AvgIpc) is 2.82. The van der Waals surface area contributed by atoms with E-state index >= 15 is 0 Å². The zero-order valence-electron chi connectivity index (χ0n) is 14.0. The van der Waals surface area contributed by atoms with E-state index in [1.54, 1.807) is 18.4 Å². The second-order valence-electron chi connectivity index (χ2n) is 5.15. The molecule has 2 N–H and O–H groups in total. The molecule has 2 aromatic rings. The number of aryl methyl sites for hydroxylation is 3. The second-order valence-corrected chi connectivity index (χ2v) is 6.43. The summed E-state index contributed by atoms with van der Waals surface area (Å²) in [6.07, 6.45) is 4.69. The predicted molar refractivity (Wildman–Crippen MR) is 108 cm³/mol. The van der Waals surface area contributed by atoms with Crippen LogP contribution in [0.2, 0.25) is 0 Å². The first-order valence-corrected chi connectivity index (χ1v) is 8.18. The zero-order valence-corrected chi connectivity index (χ0v) is 17.2. The van der Waals surface area contributed by atoms with E-state index in [1.165, 1.54) is 16.0 Å². The van der Waals surface area contributed by atoms with Gasteiger partial charge in [0.25, 0.3) is 0 Å². The van der Waals surface area contributed by atoms with Gasteiger partial charge in [0.05, 0.1) is 17.2 Å². The number of rotatable bonds is 5. The van der Waals surface area contributed by atoms with Crippen LogP contribution in [-0.4, -0.2) is 29.5 Å². The quantitative estimate of drug-likeness (QED) is 0.422. The first-order chi connectivity index (χ1) is 10.6. The zero-order chi connectivity index (χ0) is 15.9. The molecule has 0 fully saturated rings. The van der Waals surface area contributed by atoms with Crippen LogP contribution >= 0.6 is 35.3 Å². The fraction of sp³-hybridized carbons (Fsp3) is 0.438. The third-order valence-corrected chi connectivity index (χ3v) is 4.54. The Morgan fingerprint density at radius 2 is 2.04 bits per heavy atom. The molecule has 0 aliphatic rings. The minimum atomic E-state index is 0. The van der Waals surface area contributed by atoms with Crippen molar-refractivity contribution in [2.45, 2.75) is 33.7 Å². The third-order valence-electron chi connectivity index (χ3n) is 3.46. The van der Waals surface area contributed by atoms with Gasteiger partial charge in [-0.1, -0.05) is 0 Å². The van der Waals surface area contributed by atoms with Crippen LogP contribution in [0.5, 0.6) is 0 Å². The van der Waals surface area contributed by atoms with Crippen LogP contribution in [0.15, 0.2) is 23.5 Å². The smallest absolute Gasteiger partial charge is 0.191 e. The van der Waals surface area contributed by atoms with E-state index in [1.807, 2.05) is 26.2 Å². The molecular weight excluding hydrogens is 421 g/mol. The van der Waals surface area contributed by atoms with Crippen molar-refractivity contribution in [2.24, 2.45) is 4.99 Å². The van der Waals surface area contributed by atoms with Gasteiger partial charge in [-0.3, -0.25) is 9.98 Å². The van der Waals surface area contributed by atoms with Gasteiger partial charge in [-0.05, 0) is 44.4 Å². The van der Waals surface area contributed by atoms with Gasteiger partial charge >= 0.3 is 0 Å². The Morgan fingerprint density at radius 1 is 1.26 bits per heavy atom. The molecule has 0 aliphatic carbocycles. The normalized spacial score (nSPS) is 11.0. The molecule has 2 heterocycles.